The molecule has 1 aromatic rings. The first-order chi connectivity index (χ1) is 7.91. The van der Waals surface area contributed by atoms with Crippen LogP contribution in [0.25, 0.3) is 0 Å². The first kappa shape index (κ1) is 14.4. The lowest BCUT2D eigenvalue weighted by Gasteiger charge is -2.21. The van der Waals surface area contributed by atoms with Gasteiger partial charge in [0, 0.05) is 29.3 Å². The minimum Gasteiger partial charge on any atom is -0.393 e. The number of aliphatic hydroxyl groups is 1. The molecule has 94 valence electrons. The fraction of sp³-hybridized carbons (Fsp3) is 0.417. The average Bonchev–Trinajstić information content (AvgIpc) is 2.25. The summed E-state index contributed by atoms with van der Waals surface area (Å²) in [5.74, 6) is 0. The predicted octanol–water partition coefficient (Wildman–Crippen LogP) is 2.29. The van der Waals surface area contributed by atoms with Gasteiger partial charge in [0.2, 0.25) is 0 Å². The van der Waals surface area contributed by atoms with Crippen LogP contribution >= 0.6 is 28.1 Å². The van der Waals surface area contributed by atoms with Crippen LogP contribution in [0.15, 0.2) is 22.7 Å². The fourth-order valence-corrected chi connectivity index (χ4v) is 2.34. The lowest BCUT2D eigenvalue weighted by atomic mass is 10.2. The summed E-state index contributed by atoms with van der Waals surface area (Å²) in [4.78, 5) is 2.47. The highest BCUT2D eigenvalue weighted by atomic mass is 79.9. The number of nitrogens with zero attached hydrogens (tertiary/aromatic N) is 1. The lowest BCUT2D eigenvalue weighted by Crippen LogP contribution is -2.22. The SMILES string of the molecule is CC(O)CCN(C)c1ccc(C(N)=S)c(Br)c1. The van der Waals surface area contributed by atoms with Crippen LogP contribution in [0.5, 0.6) is 0 Å². The van der Waals surface area contributed by atoms with Gasteiger partial charge in [-0.3, -0.25) is 0 Å². The molecule has 1 atom stereocenters. The van der Waals surface area contributed by atoms with Gasteiger partial charge in [-0.25, -0.2) is 0 Å². The minimum atomic E-state index is -0.281. The highest BCUT2D eigenvalue weighted by Crippen LogP contribution is 2.23. The Hall–Kier alpha value is -0.650. The Bertz CT molecular complexity index is 409. The molecule has 1 aromatic carbocycles. The molecule has 0 bridgehead atoms. The van der Waals surface area contributed by atoms with Gasteiger partial charge in [-0.05, 0) is 47.5 Å². The van der Waals surface area contributed by atoms with Crippen molar-refractivity contribution >= 4 is 38.8 Å². The summed E-state index contributed by atoms with van der Waals surface area (Å²) in [5, 5.41) is 9.25. The number of hydrogen-bond donors (Lipinski definition) is 2. The number of halogens is 1. The van der Waals surface area contributed by atoms with Crippen LogP contribution in [-0.2, 0) is 0 Å². The van der Waals surface area contributed by atoms with Gasteiger partial charge in [-0.15, -0.1) is 0 Å². The molecular formula is C12H17BrN2OS. The van der Waals surface area contributed by atoms with Crippen molar-refractivity contribution in [1.82, 2.24) is 0 Å². The van der Waals surface area contributed by atoms with Crippen LogP contribution in [0.3, 0.4) is 0 Å². The fourth-order valence-electron chi connectivity index (χ4n) is 1.45. The van der Waals surface area contributed by atoms with Gasteiger partial charge in [0.05, 0.1) is 6.10 Å². The topological polar surface area (TPSA) is 49.5 Å². The summed E-state index contributed by atoms with van der Waals surface area (Å²) in [7, 11) is 1.99. The van der Waals surface area contributed by atoms with Gasteiger partial charge in [0.1, 0.15) is 4.99 Å². The molecule has 0 amide bonds. The third-order valence-electron chi connectivity index (χ3n) is 2.54. The zero-order valence-corrected chi connectivity index (χ0v) is 12.4. The second-order valence-electron chi connectivity index (χ2n) is 4.09. The second-order valence-corrected chi connectivity index (χ2v) is 5.38. The number of rotatable bonds is 5. The Balaban J connectivity index is 2.79. The molecular weight excluding hydrogens is 300 g/mol. The number of nitrogens with two attached hydrogens (primary N) is 1. The smallest absolute Gasteiger partial charge is 0.105 e. The van der Waals surface area contributed by atoms with Gasteiger partial charge in [-0.1, -0.05) is 12.2 Å². The molecule has 0 aliphatic heterocycles. The molecule has 0 saturated carbocycles. The number of thiocarbonyl (C=S) groups is 1. The molecule has 0 aliphatic carbocycles. The molecule has 0 spiro atoms. The van der Waals surface area contributed by atoms with E-state index in [2.05, 4.69) is 20.8 Å². The Morgan fingerprint density at radius 3 is 2.71 bits per heavy atom. The maximum Gasteiger partial charge on any atom is 0.105 e. The molecule has 3 nitrogen and oxygen atoms in total. The predicted molar refractivity (Wildman–Crippen MR) is 79.6 cm³/mol. The largest absolute Gasteiger partial charge is 0.393 e. The zero-order chi connectivity index (χ0) is 13.0. The average molecular weight is 317 g/mol. The van der Waals surface area contributed by atoms with Gasteiger partial charge in [0.25, 0.3) is 0 Å². The quantitative estimate of drug-likeness (QED) is 0.818. The standard InChI is InChI=1S/C12H17BrN2OS/c1-8(16)5-6-15(2)9-3-4-10(12(14)17)11(13)7-9/h3-4,7-8,16H,5-6H2,1-2H3,(H2,14,17). The molecule has 0 saturated heterocycles. The molecule has 0 aliphatic rings. The van der Waals surface area contributed by atoms with Crippen LogP contribution < -0.4 is 10.6 Å². The molecule has 0 heterocycles. The lowest BCUT2D eigenvalue weighted by molar-refractivity contribution is 0.187. The zero-order valence-electron chi connectivity index (χ0n) is 9.98. The van der Waals surface area contributed by atoms with Crippen LogP contribution in [0.1, 0.15) is 18.9 Å². The highest BCUT2D eigenvalue weighted by molar-refractivity contribution is 9.10. The Morgan fingerprint density at radius 1 is 1.59 bits per heavy atom. The van der Waals surface area contributed by atoms with Crippen molar-refractivity contribution in [1.29, 1.82) is 0 Å². The summed E-state index contributed by atoms with van der Waals surface area (Å²) in [6, 6.07) is 5.86. The third-order valence-corrected chi connectivity index (χ3v) is 3.42. The molecule has 3 N–H and O–H groups in total. The normalized spacial score (nSPS) is 12.2. The number of aliphatic hydroxyl groups excluding tert-OH is 1. The van der Waals surface area contributed by atoms with E-state index in [1.54, 1.807) is 6.92 Å². The van der Waals surface area contributed by atoms with Gasteiger partial charge in [-0.2, -0.15) is 0 Å². The van der Waals surface area contributed by atoms with Crippen molar-refractivity contribution in [2.24, 2.45) is 5.73 Å². The minimum absolute atomic E-state index is 0.281. The summed E-state index contributed by atoms with van der Waals surface area (Å²) >= 11 is 8.40. The van der Waals surface area contributed by atoms with E-state index in [-0.39, 0.29) is 6.10 Å². The highest BCUT2D eigenvalue weighted by Gasteiger charge is 2.07. The molecule has 0 aromatic heterocycles. The van der Waals surface area contributed by atoms with Gasteiger partial charge in [0.15, 0.2) is 0 Å². The third kappa shape index (κ3) is 4.26. The van der Waals surface area contributed by atoms with E-state index in [1.165, 1.54) is 0 Å². The Labute approximate surface area is 116 Å². The maximum atomic E-state index is 9.25. The Morgan fingerprint density at radius 2 is 2.24 bits per heavy atom. The molecule has 5 heteroatoms. The first-order valence-corrected chi connectivity index (χ1v) is 6.60. The van der Waals surface area contributed by atoms with E-state index in [4.69, 9.17) is 18.0 Å². The van der Waals surface area contributed by atoms with Crippen LogP contribution in [0.4, 0.5) is 5.69 Å². The van der Waals surface area contributed by atoms with Crippen molar-refractivity contribution in [3.8, 4) is 0 Å². The number of benzene rings is 1. The summed E-state index contributed by atoms with van der Waals surface area (Å²) < 4.78 is 0.895. The van der Waals surface area contributed by atoms with Gasteiger partial charge >= 0.3 is 0 Å². The first-order valence-electron chi connectivity index (χ1n) is 5.40. The molecule has 17 heavy (non-hydrogen) atoms. The van der Waals surface area contributed by atoms with Crippen LogP contribution in [-0.4, -0.2) is 29.8 Å². The van der Waals surface area contributed by atoms with Crippen molar-refractivity contribution in [2.45, 2.75) is 19.4 Å². The Kier molecular flexibility index (Phi) is 5.36. The number of hydrogen-bond acceptors (Lipinski definition) is 3. The van der Waals surface area contributed by atoms with E-state index in [9.17, 15) is 5.11 Å². The van der Waals surface area contributed by atoms with Crippen molar-refractivity contribution in [3.05, 3.63) is 28.2 Å². The monoisotopic (exact) mass is 316 g/mol. The van der Waals surface area contributed by atoms with E-state index >= 15 is 0 Å². The molecule has 1 rings (SSSR count). The number of anilines is 1. The molecule has 0 radical (unpaired) electrons. The van der Waals surface area contributed by atoms with Crippen LogP contribution in [0.2, 0.25) is 0 Å². The maximum absolute atomic E-state index is 9.25. The van der Waals surface area contributed by atoms with Crippen molar-refractivity contribution < 1.29 is 5.11 Å². The van der Waals surface area contributed by atoms with E-state index < -0.39 is 0 Å². The summed E-state index contributed by atoms with van der Waals surface area (Å²) in [6.07, 6.45) is 0.460. The van der Waals surface area contributed by atoms with E-state index in [1.807, 2.05) is 25.2 Å². The van der Waals surface area contributed by atoms with Crippen molar-refractivity contribution in [2.75, 3.05) is 18.5 Å². The molecule has 0 fully saturated rings. The summed E-state index contributed by atoms with van der Waals surface area (Å²) in [6.45, 7) is 2.59. The van der Waals surface area contributed by atoms with Crippen molar-refractivity contribution in [3.63, 3.8) is 0 Å². The van der Waals surface area contributed by atoms with Crippen LogP contribution in [0, 0.1) is 0 Å². The second kappa shape index (κ2) is 6.33. The van der Waals surface area contributed by atoms with E-state index in [0.717, 1.165) is 28.7 Å². The molecule has 1 unspecified atom stereocenters. The van der Waals surface area contributed by atoms with Gasteiger partial charge < -0.3 is 15.7 Å². The van der Waals surface area contributed by atoms with E-state index in [0.29, 0.717) is 4.99 Å². The summed E-state index contributed by atoms with van der Waals surface area (Å²) in [5.41, 5.74) is 7.50.